The van der Waals surface area contributed by atoms with Gasteiger partial charge in [0, 0.05) is 44.8 Å². The zero-order valence-corrected chi connectivity index (χ0v) is 11.3. The van der Waals surface area contributed by atoms with E-state index >= 15 is 0 Å². The largest absolute Gasteiger partial charge is 0.384 e. The maximum Gasteiger partial charge on any atom is 0.223 e. The van der Waals surface area contributed by atoms with E-state index in [2.05, 4.69) is 17.4 Å². The summed E-state index contributed by atoms with van der Waals surface area (Å²) in [5, 5.41) is 3.37. The van der Waals surface area contributed by atoms with Crippen molar-refractivity contribution >= 4 is 11.6 Å². The summed E-state index contributed by atoms with van der Waals surface area (Å²) >= 11 is 0. The standard InChI is InChI=1S/C15H20N2O2/c1-19-12-6-7-17(10-12)15(18)8-11-9-16-14-5-3-2-4-13(11)14/h2-5,11-12,16H,6-10H2,1H3. The van der Waals surface area contributed by atoms with Crippen molar-refractivity contribution in [1.82, 2.24) is 4.90 Å². The molecule has 1 saturated heterocycles. The highest BCUT2D eigenvalue weighted by atomic mass is 16.5. The number of nitrogens with one attached hydrogen (secondary N) is 1. The van der Waals surface area contributed by atoms with Crippen LogP contribution < -0.4 is 5.32 Å². The van der Waals surface area contributed by atoms with Gasteiger partial charge in [0.15, 0.2) is 0 Å². The maximum absolute atomic E-state index is 12.3. The first-order valence-corrected chi connectivity index (χ1v) is 6.91. The average molecular weight is 260 g/mol. The van der Waals surface area contributed by atoms with Gasteiger partial charge in [0.05, 0.1) is 6.10 Å². The Morgan fingerprint density at radius 3 is 3.11 bits per heavy atom. The molecule has 102 valence electrons. The smallest absolute Gasteiger partial charge is 0.223 e. The van der Waals surface area contributed by atoms with Gasteiger partial charge in [0.2, 0.25) is 5.91 Å². The first kappa shape index (κ1) is 12.5. The SMILES string of the molecule is COC1CCN(C(=O)CC2CNc3ccccc32)C1. The third-order valence-corrected chi connectivity index (χ3v) is 4.19. The molecule has 2 aliphatic rings. The molecule has 0 aliphatic carbocycles. The van der Waals surface area contributed by atoms with Gasteiger partial charge < -0.3 is 15.0 Å². The summed E-state index contributed by atoms with van der Waals surface area (Å²) in [6.07, 6.45) is 1.78. The highest BCUT2D eigenvalue weighted by Crippen LogP contribution is 2.33. The Morgan fingerprint density at radius 1 is 1.47 bits per heavy atom. The van der Waals surface area contributed by atoms with Gasteiger partial charge in [0.1, 0.15) is 0 Å². The third-order valence-electron chi connectivity index (χ3n) is 4.19. The minimum atomic E-state index is 0.220. The van der Waals surface area contributed by atoms with Gasteiger partial charge in [-0.05, 0) is 18.1 Å². The van der Waals surface area contributed by atoms with E-state index in [4.69, 9.17) is 4.74 Å². The maximum atomic E-state index is 12.3. The number of carbonyl (C=O) groups excluding carboxylic acids is 1. The minimum absolute atomic E-state index is 0.220. The number of para-hydroxylation sites is 1. The van der Waals surface area contributed by atoms with Crippen LogP contribution >= 0.6 is 0 Å². The van der Waals surface area contributed by atoms with Crippen molar-refractivity contribution < 1.29 is 9.53 Å². The molecule has 2 atom stereocenters. The van der Waals surface area contributed by atoms with Gasteiger partial charge in [-0.1, -0.05) is 18.2 Å². The number of likely N-dealkylation sites (tertiary alicyclic amines) is 1. The number of hydrogen-bond donors (Lipinski definition) is 1. The number of methoxy groups -OCH3 is 1. The summed E-state index contributed by atoms with van der Waals surface area (Å²) in [4.78, 5) is 14.3. The Morgan fingerprint density at radius 2 is 2.32 bits per heavy atom. The quantitative estimate of drug-likeness (QED) is 0.901. The molecule has 1 aromatic carbocycles. The van der Waals surface area contributed by atoms with E-state index in [1.165, 1.54) is 11.3 Å². The van der Waals surface area contributed by atoms with Gasteiger partial charge in [-0.3, -0.25) is 4.79 Å². The number of amides is 1. The molecule has 19 heavy (non-hydrogen) atoms. The van der Waals surface area contributed by atoms with Crippen molar-refractivity contribution in [1.29, 1.82) is 0 Å². The number of hydrogen-bond acceptors (Lipinski definition) is 3. The first-order valence-electron chi connectivity index (χ1n) is 6.91. The molecular weight excluding hydrogens is 240 g/mol. The van der Waals surface area contributed by atoms with E-state index in [1.54, 1.807) is 7.11 Å². The molecule has 1 aromatic rings. The minimum Gasteiger partial charge on any atom is -0.384 e. The van der Waals surface area contributed by atoms with Gasteiger partial charge >= 0.3 is 0 Å². The second-order valence-electron chi connectivity index (χ2n) is 5.36. The molecule has 3 rings (SSSR count). The summed E-state index contributed by atoms with van der Waals surface area (Å²) in [6, 6.07) is 8.27. The molecule has 4 nitrogen and oxygen atoms in total. The number of benzene rings is 1. The van der Waals surface area contributed by atoms with Crippen LogP contribution in [-0.2, 0) is 9.53 Å². The van der Waals surface area contributed by atoms with Crippen molar-refractivity contribution in [2.75, 3.05) is 32.1 Å². The van der Waals surface area contributed by atoms with E-state index in [0.29, 0.717) is 12.3 Å². The van der Waals surface area contributed by atoms with Crippen LogP contribution in [0.25, 0.3) is 0 Å². The van der Waals surface area contributed by atoms with Crippen LogP contribution in [0.1, 0.15) is 24.3 Å². The number of carbonyl (C=O) groups is 1. The highest BCUT2D eigenvalue weighted by Gasteiger charge is 2.30. The van der Waals surface area contributed by atoms with E-state index in [9.17, 15) is 4.79 Å². The number of fused-ring (bicyclic) bond motifs is 1. The molecule has 2 aliphatic heterocycles. The van der Waals surface area contributed by atoms with Crippen LogP contribution in [0.5, 0.6) is 0 Å². The number of rotatable bonds is 3. The summed E-state index contributed by atoms with van der Waals surface area (Å²) in [6.45, 7) is 2.45. The summed E-state index contributed by atoms with van der Waals surface area (Å²) < 4.78 is 5.31. The van der Waals surface area contributed by atoms with Gasteiger partial charge in [-0.2, -0.15) is 0 Å². The Balaban J connectivity index is 1.62. The van der Waals surface area contributed by atoms with Crippen molar-refractivity contribution in [2.24, 2.45) is 0 Å². The fourth-order valence-corrected chi connectivity index (χ4v) is 3.03. The van der Waals surface area contributed by atoms with Crippen molar-refractivity contribution in [2.45, 2.75) is 24.9 Å². The zero-order chi connectivity index (χ0) is 13.2. The van der Waals surface area contributed by atoms with E-state index < -0.39 is 0 Å². The van der Waals surface area contributed by atoms with E-state index in [1.807, 2.05) is 17.0 Å². The second-order valence-corrected chi connectivity index (χ2v) is 5.36. The number of nitrogens with zero attached hydrogens (tertiary/aromatic N) is 1. The van der Waals surface area contributed by atoms with Gasteiger partial charge in [-0.15, -0.1) is 0 Å². The van der Waals surface area contributed by atoms with E-state index in [-0.39, 0.29) is 12.0 Å². The lowest BCUT2D eigenvalue weighted by Gasteiger charge is -2.18. The van der Waals surface area contributed by atoms with Crippen LogP contribution in [0.15, 0.2) is 24.3 Å². The van der Waals surface area contributed by atoms with Crippen LogP contribution in [0.2, 0.25) is 0 Å². The Labute approximate surface area is 113 Å². The van der Waals surface area contributed by atoms with Gasteiger partial charge in [0.25, 0.3) is 0 Å². The molecule has 0 spiro atoms. The Kier molecular flexibility index (Phi) is 3.42. The number of anilines is 1. The molecule has 0 saturated carbocycles. The molecule has 1 N–H and O–H groups in total. The fraction of sp³-hybridized carbons (Fsp3) is 0.533. The predicted molar refractivity (Wildman–Crippen MR) is 74.3 cm³/mol. The van der Waals surface area contributed by atoms with Crippen LogP contribution in [-0.4, -0.2) is 43.7 Å². The predicted octanol–water partition coefficient (Wildman–Crippen LogP) is 1.83. The lowest BCUT2D eigenvalue weighted by Crippen LogP contribution is -2.31. The van der Waals surface area contributed by atoms with Crippen molar-refractivity contribution in [3.8, 4) is 0 Å². The summed E-state index contributed by atoms with van der Waals surface area (Å²) in [7, 11) is 1.72. The summed E-state index contributed by atoms with van der Waals surface area (Å²) in [5.41, 5.74) is 2.45. The molecule has 1 fully saturated rings. The lowest BCUT2D eigenvalue weighted by molar-refractivity contribution is -0.130. The fourth-order valence-electron chi connectivity index (χ4n) is 3.03. The molecular formula is C15H20N2O2. The summed E-state index contributed by atoms with van der Waals surface area (Å²) in [5.74, 6) is 0.563. The molecule has 0 radical (unpaired) electrons. The molecule has 2 unspecified atom stereocenters. The normalized spacial score (nSPS) is 25.2. The monoisotopic (exact) mass is 260 g/mol. The number of ether oxygens (including phenoxy) is 1. The topological polar surface area (TPSA) is 41.6 Å². The van der Waals surface area contributed by atoms with Crippen LogP contribution in [0.4, 0.5) is 5.69 Å². The average Bonchev–Trinajstić information content (AvgIpc) is 3.06. The first-order chi connectivity index (χ1) is 9.28. The van der Waals surface area contributed by atoms with Crippen molar-refractivity contribution in [3.05, 3.63) is 29.8 Å². The van der Waals surface area contributed by atoms with Crippen LogP contribution in [0.3, 0.4) is 0 Å². The Hall–Kier alpha value is -1.55. The molecule has 1 amide bonds. The van der Waals surface area contributed by atoms with Crippen molar-refractivity contribution in [3.63, 3.8) is 0 Å². The second kappa shape index (κ2) is 5.21. The molecule has 0 bridgehead atoms. The van der Waals surface area contributed by atoms with Crippen LogP contribution in [0, 0.1) is 0 Å². The molecule has 4 heteroatoms. The third kappa shape index (κ3) is 2.45. The molecule has 0 aromatic heterocycles. The zero-order valence-electron chi connectivity index (χ0n) is 11.3. The molecule has 2 heterocycles. The lowest BCUT2D eigenvalue weighted by atomic mass is 9.97. The highest BCUT2D eigenvalue weighted by molar-refractivity contribution is 5.78. The van der Waals surface area contributed by atoms with Gasteiger partial charge in [-0.25, -0.2) is 0 Å². The van der Waals surface area contributed by atoms with E-state index in [0.717, 1.165) is 26.1 Å². The Bertz CT molecular complexity index is 475.